The Labute approximate surface area is 126 Å². The molecule has 0 atom stereocenters. The number of rotatable bonds is 6. The molecular formula is C19H19FP+. The highest BCUT2D eigenvalue weighted by molar-refractivity contribution is 7.93. The number of hydrogen-bond donors (Lipinski definition) is 0. The maximum Gasteiger partial charge on any atom is 0.210 e. The third-order valence-corrected chi connectivity index (χ3v) is 7.44. The van der Waals surface area contributed by atoms with Gasteiger partial charge in [-0.1, -0.05) is 55.6 Å². The Morgan fingerprint density at radius 1 is 0.905 bits per heavy atom. The van der Waals surface area contributed by atoms with Crippen molar-refractivity contribution in [3.63, 3.8) is 0 Å². The quantitative estimate of drug-likeness (QED) is 0.529. The lowest BCUT2D eigenvalue weighted by atomic mass is 10.4. The van der Waals surface area contributed by atoms with Gasteiger partial charge in [0, 0.05) is 0 Å². The standard InChI is InChI=1S/C19H19FP/c1-3-11-17(4-2)21(16-20,18-12-7-5-8-13-18)19-14-9-6-10-15-19/h3-15H,1-2,16H2/q+1/b17-11+. The van der Waals surface area contributed by atoms with Crippen molar-refractivity contribution in [1.29, 1.82) is 0 Å². The Bertz CT molecular complexity index is 590. The summed E-state index contributed by atoms with van der Waals surface area (Å²) in [4.78, 5) is 0. The highest BCUT2D eigenvalue weighted by Gasteiger charge is 2.46. The Hall–Kier alpha value is -1.98. The van der Waals surface area contributed by atoms with E-state index in [2.05, 4.69) is 13.2 Å². The summed E-state index contributed by atoms with van der Waals surface area (Å²) in [7, 11) is -2.30. The molecule has 2 aromatic rings. The van der Waals surface area contributed by atoms with Crippen LogP contribution in [-0.2, 0) is 0 Å². The molecule has 0 N–H and O–H groups in total. The molecule has 0 nitrogen and oxygen atoms in total. The summed E-state index contributed by atoms with van der Waals surface area (Å²) in [5, 5.41) is 2.95. The molecule has 0 aliphatic carbocycles. The summed E-state index contributed by atoms with van der Waals surface area (Å²) in [6.07, 6.45) is 4.91. The first-order valence-corrected chi connectivity index (χ1v) is 8.78. The summed E-state index contributed by atoms with van der Waals surface area (Å²) in [5.41, 5.74) is 0. The summed E-state index contributed by atoms with van der Waals surface area (Å²) >= 11 is 0. The average Bonchev–Trinajstić information content (AvgIpc) is 2.57. The molecule has 2 aromatic carbocycles. The Kier molecular flexibility index (Phi) is 5.25. The maximum absolute atomic E-state index is 14.4. The summed E-state index contributed by atoms with van der Waals surface area (Å²) in [6, 6.07) is 19.7. The Morgan fingerprint density at radius 3 is 1.71 bits per heavy atom. The van der Waals surface area contributed by atoms with Crippen LogP contribution in [0.3, 0.4) is 0 Å². The van der Waals surface area contributed by atoms with Gasteiger partial charge in [-0.15, -0.1) is 0 Å². The highest BCUT2D eigenvalue weighted by atomic mass is 31.2. The van der Waals surface area contributed by atoms with Crippen molar-refractivity contribution in [3.05, 3.63) is 97.4 Å². The minimum Gasteiger partial charge on any atom is -0.205 e. The van der Waals surface area contributed by atoms with Gasteiger partial charge in [0.05, 0.1) is 0 Å². The molecule has 0 radical (unpaired) electrons. The van der Waals surface area contributed by atoms with Gasteiger partial charge in [0.2, 0.25) is 6.42 Å². The van der Waals surface area contributed by atoms with Crippen LogP contribution < -0.4 is 10.6 Å². The second kappa shape index (κ2) is 7.15. The molecule has 0 fully saturated rings. The first-order chi connectivity index (χ1) is 10.3. The molecule has 106 valence electrons. The molecular weight excluding hydrogens is 278 g/mol. The highest BCUT2D eigenvalue weighted by Crippen LogP contribution is 2.63. The molecule has 0 bridgehead atoms. The van der Waals surface area contributed by atoms with Crippen LogP contribution >= 0.6 is 7.26 Å². The van der Waals surface area contributed by atoms with Gasteiger partial charge >= 0.3 is 0 Å². The molecule has 21 heavy (non-hydrogen) atoms. The third-order valence-electron chi connectivity index (χ3n) is 3.51. The largest absolute Gasteiger partial charge is 0.210 e. The second-order valence-electron chi connectivity index (χ2n) is 4.63. The molecule has 2 rings (SSSR count). The number of halogens is 1. The lowest BCUT2D eigenvalue weighted by molar-refractivity contribution is 0.599. The molecule has 0 heterocycles. The number of alkyl halides is 1. The van der Waals surface area contributed by atoms with Gasteiger partial charge in [0.25, 0.3) is 0 Å². The van der Waals surface area contributed by atoms with Crippen molar-refractivity contribution >= 4 is 17.9 Å². The van der Waals surface area contributed by atoms with Crippen LogP contribution in [0.15, 0.2) is 97.4 Å². The van der Waals surface area contributed by atoms with Crippen molar-refractivity contribution in [2.45, 2.75) is 0 Å². The lowest BCUT2D eigenvalue weighted by Crippen LogP contribution is -2.24. The number of allylic oxidation sites excluding steroid dienone is 4. The number of benzene rings is 2. The van der Waals surface area contributed by atoms with Crippen LogP contribution in [0.4, 0.5) is 4.39 Å². The third kappa shape index (κ3) is 2.89. The normalized spacial score (nSPS) is 12.0. The molecule has 0 saturated heterocycles. The van der Waals surface area contributed by atoms with Crippen LogP contribution in [0.1, 0.15) is 0 Å². The van der Waals surface area contributed by atoms with Gasteiger partial charge in [-0.3, -0.25) is 0 Å². The van der Waals surface area contributed by atoms with Crippen molar-refractivity contribution in [3.8, 4) is 0 Å². The van der Waals surface area contributed by atoms with Crippen molar-refractivity contribution in [2.75, 3.05) is 6.42 Å². The zero-order valence-electron chi connectivity index (χ0n) is 12.0. The van der Waals surface area contributed by atoms with Crippen LogP contribution in [0.5, 0.6) is 0 Å². The van der Waals surface area contributed by atoms with Crippen molar-refractivity contribution < 1.29 is 4.39 Å². The van der Waals surface area contributed by atoms with E-state index in [1.807, 2.05) is 66.7 Å². The van der Waals surface area contributed by atoms with E-state index in [9.17, 15) is 4.39 Å². The Balaban J connectivity index is 2.77. The van der Waals surface area contributed by atoms with Crippen LogP contribution in [0.25, 0.3) is 0 Å². The summed E-state index contributed by atoms with van der Waals surface area (Å²) < 4.78 is 14.4. The van der Waals surface area contributed by atoms with Gasteiger partial charge in [-0.25, -0.2) is 4.39 Å². The maximum atomic E-state index is 14.4. The predicted octanol–water partition coefficient (Wildman–Crippen LogP) is 4.84. The van der Waals surface area contributed by atoms with Gasteiger partial charge in [0.1, 0.15) is 23.2 Å². The van der Waals surface area contributed by atoms with Gasteiger partial charge < -0.3 is 0 Å². The topological polar surface area (TPSA) is 0 Å². The van der Waals surface area contributed by atoms with Gasteiger partial charge in [0.15, 0.2) is 0 Å². The molecule has 0 aromatic heterocycles. The zero-order chi connectivity index (χ0) is 15.1. The molecule has 0 saturated carbocycles. The molecule has 2 heteroatoms. The monoisotopic (exact) mass is 297 g/mol. The fourth-order valence-electron chi connectivity index (χ4n) is 2.49. The molecule has 0 amide bonds. The smallest absolute Gasteiger partial charge is 0.205 e. The average molecular weight is 297 g/mol. The van der Waals surface area contributed by atoms with Crippen LogP contribution in [0, 0.1) is 0 Å². The fraction of sp³-hybridized carbons (Fsp3) is 0.0526. The Morgan fingerprint density at radius 2 is 1.38 bits per heavy atom. The minimum absolute atomic E-state index is 0.424. The summed E-state index contributed by atoms with van der Waals surface area (Å²) in [6.45, 7) is 7.64. The first kappa shape index (κ1) is 15.4. The van der Waals surface area contributed by atoms with E-state index in [-0.39, 0.29) is 0 Å². The zero-order valence-corrected chi connectivity index (χ0v) is 12.8. The first-order valence-electron chi connectivity index (χ1n) is 6.80. The lowest BCUT2D eigenvalue weighted by Gasteiger charge is -2.24. The summed E-state index contributed by atoms with van der Waals surface area (Å²) in [5.74, 6) is 0. The molecule has 0 spiro atoms. The van der Waals surface area contributed by atoms with E-state index >= 15 is 0 Å². The van der Waals surface area contributed by atoms with E-state index in [0.717, 1.165) is 15.9 Å². The second-order valence-corrected chi connectivity index (χ2v) is 8.04. The van der Waals surface area contributed by atoms with Crippen molar-refractivity contribution in [1.82, 2.24) is 0 Å². The molecule has 0 unspecified atom stereocenters. The fourth-order valence-corrected chi connectivity index (χ4v) is 5.83. The minimum atomic E-state index is -2.30. The van der Waals surface area contributed by atoms with Crippen LogP contribution in [-0.4, -0.2) is 6.42 Å². The van der Waals surface area contributed by atoms with Gasteiger partial charge in [-0.2, -0.15) is 0 Å². The number of hydrogen-bond acceptors (Lipinski definition) is 0. The van der Waals surface area contributed by atoms with Gasteiger partial charge in [-0.05, 0) is 36.4 Å². The van der Waals surface area contributed by atoms with E-state index in [1.54, 1.807) is 12.2 Å². The molecule has 0 aliphatic rings. The van der Waals surface area contributed by atoms with Crippen molar-refractivity contribution in [2.24, 2.45) is 0 Å². The molecule has 0 aliphatic heterocycles. The predicted molar refractivity (Wildman–Crippen MR) is 93.5 cm³/mol. The SMILES string of the molecule is C=C/C=C(\C=C)[P+](CF)(c1ccccc1)c1ccccc1. The van der Waals surface area contributed by atoms with Crippen LogP contribution in [0.2, 0.25) is 0 Å². The van der Waals surface area contributed by atoms with E-state index in [0.29, 0.717) is 0 Å². The van der Waals surface area contributed by atoms with E-state index in [1.165, 1.54) is 0 Å². The van der Waals surface area contributed by atoms with E-state index in [4.69, 9.17) is 0 Å². The van der Waals surface area contributed by atoms with E-state index < -0.39 is 13.7 Å².